The maximum absolute atomic E-state index is 12.7. The van der Waals surface area contributed by atoms with Gasteiger partial charge >= 0.3 is 5.97 Å². The normalized spacial score (nSPS) is 28.7. The highest BCUT2D eigenvalue weighted by atomic mass is 33.1. The monoisotopic (exact) mass is 873 g/mol. The van der Waals surface area contributed by atoms with Gasteiger partial charge in [0.15, 0.2) is 11.7 Å². The van der Waals surface area contributed by atoms with Crippen molar-refractivity contribution in [3.63, 3.8) is 0 Å². The molecule has 0 radical (unpaired) electrons. The molecular weight excluding hydrogens is 823 g/mol. The molecule has 2 fully saturated rings. The average Bonchev–Trinajstić information content (AvgIpc) is 3.78. The summed E-state index contributed by atoms with van der Waals surface area (Å²) >= 11 is 0. The molecule has 4 aliphatic heterocycles. The number of phenolic OH excluding ortho intramolecular Hbond substituents is 1. The number of primary amides is 1. The zero-order valence-electron chi connectivity index (χ0n) is 33.8. The first-order valence-corrected chi connectivity index (χ1v) is 22.7. The lowest BCUT2D eigenvalue weighted by Gasteiger charge is -2.49. The summed E-state index contributed by atoms with van der Waals surface area (Å²) in [6, 6.07) is 18.4. The number of fused-ring (bicyclic) bond motifs is 2. The molecular formula is C45H51N3O11S2. The average molecular weight is 874 g/mol. The third-order valence-electron chi connectivity index (χ3n) is 11.7. The molecule has 9 atom stereocenters. The summed E-state index contributed by atoms with van der Waals surface area (Å²) in [6.07, 6.45) is 1.96. The number of hydrogen-bond acceptors (Lipinski definition) is 14. The van der Waals surface area contributed by atoms with Gasteiger partial charge < -0.3 is 55.5 Å². The SMILES string of the molecule is CCc1ccccc1/C=C/C[C@H](C)[C@H]1CNC[C@]2(O)[C@H](Oc3ccc4c(c3)OC(C(N)=O)C(c3ccc(O)cc3)=C4O)O[C@H](C(=O)O)[C@@H](O)[C@@H]2OCSSC[C@H]1C1=CCN=C1. The lowest BCUT2D eigenvalue weighted by molar-refractivity contribution is -0.316. The van der Waals surface area contributed by atoms with Crippen LogP contribution in [0, 0.1) is 17.8 Å². The Morgan fingerprint density at radius 2 is 1.90 bits per heavy atom. The number of aromatic hydroxyl groups is 1. The number of rotatable bonds is 11. The van der Waals surface area contributed by atoms with Crippen LogP contribution >= 0.6 is 21.6 Å². The van der Waals surface area contributed by atoms with Crippen molar-refractivity contribution in [2.45, 2.75) is 63.0 Å². The molecule has 0 aliphatic carbocycles. The molecule has 0 spiro atoms. The standard InChI is InChI=1S/C45H51N3O11S2/c1-3-26-8-4-5-9-27(26)10-6-7-25(2)33-21-48-23-45(55)41(56-24-61-60-22-34(33)29-17-18-47-20-29)38(51)40(43(53)54)59-44(45)57-31-15-16-32-35(19-31)58-39(42(46)52)36(37(32)50)28-11-13-30(49)14-12-28/h4-6,8-17,19-20,25,33-34,38-41,44,48-51,55H,3,7,18,21-24H2,1-2H3,(H2,46,52)(H,53,54)/b10-6+/t25-,33+,34-,38+,39?,40-,41-,44+,45+/m0/s1. The van der Waals surface area contributed by atoms with Crippen molar-refractivity contribution in [1.29, 1.82) is 0 Å². The number of benzene rings is 3. The van der Waals surface area contributed by atoms with Crippen molar-refractivity contribution in [3.8, 4) is 17.2 Å². The van der Waals surface area contributed by atoms with E-state index in [1.807, 2.05) is 18.3 Å². The summed E-state index contributed by atoms with van der Waals surface area (Å²) in [5.74, 6) is -1.58. The molecule has 2 saturated heterocycles. The molecule has 14 nitrogen and oxygen atoms in total. The molecule has 16 heteroatoms. The van der Waals surface area contributed by atoms with E-state index in [1.54, 1.807) is 10.8 Å². The number of carbonyl (C=O) groups excluding carboxylic acids is 1. The van der Waals surface area contributed by atoms with Crippen molar-refractivity contribution in [2.75, 3.05) is 31.3 Å². The Kier molecular flexibility index (Phi) is 14.1. The van der Waals surface area contributed by atoms with Gasteiger partial charge in [-0.05, 0) is 83.7 Å². The molecule has 0 saturated carbocycles. The van der Waals surface area contributed by atoms with Crippen molar-refractivity contribution < 1.29 is 54.1 Å². The number of carboxylic acids is 1. The van der Waals surface area contributed by atoms with Crippen LogP contribution in [0.1, 0.15) is 42.5 Å². The number of hydrogen-bond donors (Lipinski definition) is 7. The number of carbonyl (C=O) groups is 2. The van der Waals surface area contributed by atoms with Crippen LogP contribution in [-0.2, 0) is 25.5 Å². The number of nitrogens with zero attached hydrogens (tertiary/aromatic N) is 1. The van der Waals surface area contributed by atoms with Gasteiger partial charge in [-0.3, -0.25) is 9.79 Å². The van der Waals surface area contributed by atoms with E-state index < -0.39 is 48.2 Å². The van der Waals surface area contributed by atoms with E-state index >= 15 is 0 Å². The Balaban J connectivity index is 1.18. The third-order valence-corrected chi connectivity index (χ3v) is 13.8. The van der Waals surface area contributed by atoms with Crippen LogP contribution in [-0.4, -0.2) is 111 Å². The number of nitrogens with two attached hydrogens (primary N) is 1. The summed E-state index contributed by atoms with van der Waals surface area (Å²) in [6.45, 7) is 5.17. The quantitative estimate of drug-likeness (QED) is 0.123. The van der Waals surface area contributed by atoms with Crippen LogP contribution in [0.5, 0.6) is 17.2 Å². The first kappa shape index (κ1) is 44.3. The number of amides is 1. The number of allylic oxidation sites excluding steroid dienone is 2. The van der Waals surface area contributed by atoms with Crippen LogP contribution < -0.4 is 20.5 Å². The minimum atomic E-state index is -2.16. The van der Waals surface area contributed by atoms with Gasteiger partial charge in [0.1, 0.15) is 41.2 Å². The molecule has 0 aromatic heterocycles. The van der Waals surface area contributed by atoms with Crippen molar-refractivity contribution in [2.24, 2.45) is 28.5 Å². The zero-order chi connectivity index (χ0) is 43.3. The fourth-order valence-corrected chi connectivity index (χ4v) is 10.4. The smallest absolute Gasteiger partial charge is 0.335 e. The Labute approximate surface area is 361 Å². The van der Waals surface area contributed by atoms with Crippen LogP contribution in [0.15, 0.2) is 89.4 Å². The summed E-state index contributed by atoms with van der Waals surface area (Å²) in [5, 5.41) is 58.9. The van der Waals surface area contributed by atoms with Gasteiger partial charge in [-0.2, -0.15) is 0 Å². The van der Waals surface area contributed by atoms with Gasteiger partial charge in [0.05, 0.1) is 17.7 Å². The molecule has 324 valence electrons. The van der Waals surface area contributed by atoms with Crippen LogP contribution in [0.2, 0.25) is 0 Å². The Hall–Kier alpha value is -4.81. The molecule has 0 bridgehead atoms. The van der Waals surface area contributed by atoms with Crippen molar-refractivity contribution in [3.05, 3.63) is 107 Å². The van der Waals surface area contributed by atoms with Gasteiger partial charge in [-0.15, -0.1) is 0 Å². The molecule has 4 heterocycles. The highest BCUT2D eigenvalue weighted by Crippen LogP contribution is 2.43. The number of phenols is 1. The second-order valence-electron chi connectivity index (χ2n) is 15.6. The van der Waals surface area contributed by atoms with Gasteiger partial charge in [0.25, 0.3) is 5.91 Å². The Morgan fingerprint density at radius 3 is 2.62 bits per heavy atom. The van der Waals surface area contributed by atoms with E-state index in [0.717, 1.165) is 24.2 Å². The summed E-state index contributed by atoms with van der Waals surface area (Å²) in [4.78, 5) is 29.6. The summed E-state index contributed by atoms with van der Waals surface area (Å²) < 4.78 is 24.3. The van der Waals surface area contributed by atoms with E-state index in [1.165, 1.54) is 64.4 Å². The second kappa shape index (κ2) is 19.5. The predicted octanol–water partition coefficient (Wildman–Crippen LogP) is 5.22. The Bertz CT molecular complexity index is 2200. The zero-order valence-corrected chi connectivity index (χ0v) is 35.4. The fourth-order valence-electron chi connectivity index (χ4n) is 8.38. The molecule has 3 aromatic rings. The fraction of sp³-hybridized carbons (Fsp3) is 0.400. The number of aliphatic carboxylic acids is 1. The second-order valence-corrected chi connectivity index (χ2v) is 18.0. The molecule has 3 aromatic carbocycles. The molecule has 61 heavy (non-hydrogen) atoms. The van der Waals surface area contributed by atoms with Crippen LogP contribution in [0.25, 0.3) is 17.4 Å². The topological polar surface area (TPSA) is 223 Å². The molecule has 1 unspecified atom stereocenters. The number of β-amino-alcohol motifs (C(OH)–C–C–N with tert-alkyl or cyclic N) is 1. The molecule has 7 rings (SSSR count). The minimum absolute atomic E-state index is 0.00355. The van der Waals surface area contributed by atoms with Crippen LogP contribution in [0.3, 0.4) is 0 Å². The number of nitrogens with one attached hydrogen (secondary N) is 1. The van der Waals surface area contributed by atoms with E-state index in [-0.39, 0.29) is 64.4 Å². The van der Waals surface area contributed by atoms with Gasteiger partial charge in [-0.1, -0.05) is 90.1 Å². The van der Waals surface area contributed by atoms with Crippen LogP contribution in [0.4, 0.5) is 0 Å². The first-order valence-electron chi connectivity index (χ1n) is 20.2. The van der Waals surface area contributed by atoms with Gasteiger partial charge in [-0.25, -0.2) is 4.79 Å². The van der Waals surface area contributed by atoms with Crippen molar-refractivity contribution in [1.82, 2.24) is 5.32 Å². The number of aliphatic hydroxyl groups is 3. The van der Waals surface area contributed by atoms with Gasteiger partial charge in [0.2, 0.25) is 12.4 Å². The van der Waals surface area contributed by atoms with E-state index in [0.29, 0.717) is 18.7 Å². The van der Waals surface area contributed by atoms with E-state index in [2.05, 4.69) is 54.5 Å². The number of ether oxygens (including phenoxy) is 4. The third kappa shape index (κ3) is 9.65. The molecule has 8 N–H and O–H groups in total. The summed E-state index contributed by atoms with van der Waals surface area (Å²) in [5.41, 5.74) is 7.85. The predicted molar refractivity (Wildman–Crippen MR) is 235 cm³/mol. The first-order chi connectivity index (χ1) is 29.4. The lowest BCUT2D eigenvalue weighted by Crippen LogP contribution is -2.72. The number of aliphatic hydroxyl groups excluding tert-OH is 2. The Morgan fingerprint density at radius 1 is 1.11 bits per heavy atom. The van der Waals surface area contributed by atoms with E-state index in [9.17, 15) is 35.1 Å². The number of aryl methyl sites for hydroxylation is 1. The summed E-state index contributed by atoms with van der Waals surface area (Å²) in [7, 11) is 2.99. The number of carboxylic acid groups (broad SMARTS) is 1. The highest BCUT2D eigenvalue weighted by Gasteiger charge is 2.59. The van der Waals surface area contributed by atoms with E-state index in [4.69, 9.17) is 24.7 Å². The lowest BCUT2D eigenvalue weighted by atomic mass is 9.77. The maximum Gasteiger partial charge on any atom is 0.335 e. The molecule has 4 aliphatic rings. The maximum atomic E-state index is 12.7. The minimum Gasteiger partial charge on any atom is -0.508 e. The number of aliphatic imine (C=N–C) groups is 1. The largest absolute Gasteiger partial charge is 0.508 e. The van der Waals surface area contributed by atoms with Crippen molar-refractivity contribution >= 4 is 57.1 Å². The van der Waals surface area contributed by atoms with Gasteiger partial charge in [0, 0.05) is 24.6 Å². The highest BCUT2D eigenvalue weighted by molar-refractivity contribution is 8.76. The molecule has 1 amide bonds.